The first-order valence-electron chi connectivity index (χ1n) is 5.68. The number of H-pyrrole nitrogens is 1. The van der Waals surface area contributed by atoms with Crippen molar-refractivity contribution in [3.05, 3.63) is 53.3 Å². The smallest absolute Gasteiger partial charge is 0.253 e. The Hall–Kier alpha value is -2.14. The number of carbonyl (C=O) groups excluding carboxylic acids is 1. The fourth-order valence-corrected chi connectivity index (χ4v) is 1.62. The Morgan fingerprint density at radius 3 is 2.78 bits per heavy atom. The molecule has 0 radical (unpaired) electrons. The lowest BCUT2D eigenvalue weighted by Gasteiger charge is -2.11. The predicted molar refractivity (Wildman–Crippen MR) is 66.6 cm³/mol. The molecule has 0 fully saturated rings. The van der Waals surface area contributed by atoms with E-state index in [2.05, 4.69) is 15.5 Å². The fraction of sp³-hybridized carbons (Fsp3) is 0.231. The molecule has 0 saturated heterocycles. The number of hydrogen-bond acceptors (Lipinski definition) is 3. The Bertz CT molecular complexity index is 522. The van der Waals surface area contributed by atoms with Gasteiger partial charge in [-0.3, -0.25) is 9.89 Å². The van der Waals surface area contributed by atoms with E-state index in [-0.39, 0.29) is 0 Å². The molecule has 94 valence electrons. The van der Waals surface area contributed by atoms with E-state index in [0.29, 0.717) is 12.1 Å². The summed E-state index contributed by atoms with van der Waals surface area (Å²) in [4.78, 5) is 11.8. The summed E-state index contributed by atoms with van der Waals surface area (Å²) in [5, 5.41) is 19.2. The molecular formula is C13H15N3O2. The van der Waals surface area contributed by atoms with Crippen molar-refractivity contribution in [3.63, 3.8) is 0 Å². The van der Waals surface area contributed by atoms with Crippen molar-refractivity contribution < 1.29 is 9.90 Å². The van der Waals surface area contributed by atoms with Crippen molar-refractivity contribution in [1.82, 2.24) is 15.5 Å². The lowest BCUT2D eigenvalue weighted by Crippen LogP contribution is -2.28. The van der Waals surface area contributed by atoms with Crippen LogP contribution >= 0.6 is 0 Å². The maximum Gasteiger partial charge on any atom is 0.253 e. The van der Waals surface area contributed by atoms with Gasteiger partial charge in [0, 0.05) is 17.8 Å². The highest BCUT2D eigenvalue weighted by atomic mass is 16.3. The van der Waals surface area contributed by atoms with Crippen molar-refractivity contribution in [1.29, 1.82) is 0 Å². The molecule has 1 atom stereocenters. The van der Waals surface area contributed by atoms with Crippen LogP contribution in [0, 0.1) is 6.92 Å². The SMILES string of the molecule is Cc1[nH]ncc1CNC(=O)[C@@H](O)c1ccccc1. The third kappa shape index (κ3) is 2.75. The van der Waals surface area contributed by atoms with Gasteiger partial charge in [0.1, 0.15) is 0 Å². The number of amides is 1. The number of aromatic amines is 1. The number of aliphatic hydroxyl groups excluding tert-OH is 1. The molecule has 1 heterocycles. The summed E-state index contributed by atoms with van der Waals surface area (Å²) in [6, 6.07) is 8.84. The first kappa shape index (κ1) is 12.3. The summed E-state index contributed by atoms with van der Waals surface area (Å²) in [5.74, 6) is -0.415. The number of hydrogen-bond donors (Lipinski definition) is 3. The first-order chi connectivity index (χ1) is 8.68. The zero-order chi connectivity index (χ0) is 13.0. The van der Waals surface area contributed by atoms with E-state index in [1.807, 2.05) is 13.0 Å². The molecule has 5 nitrogen and oxygen atoms in total. The lowest BCUT2D eigenvalue weighted by atomic mass is 10.1. The van der Waals surface area contributed by atoms with Gasteiger partial charge in [0.2, 0.25) is 0 Å². The van der Waals surface area contributed by atoms with Crippen LogP contribution in [0.5, 0.6) is 0 Å². The van der Waals surface area contributed by atoms with Crippen molar-refractivity contribution in [3.8, 4) is 0 Å². The lowest BCUT2D eigenvalue weighted by molar-refractivity contribution is -0.129. The number of nitrogens with zero attached hydrogens (tertiary/aromatic N) is 1. The zero-order valence-corrected chi connectivity index (χ0v) is 10.1. The standard InChI is InChI=1S/C13H15N3O2/c1-9-11(8-15-16-9)7-14-13(18)12(17)10-5-3-2-4-6-10/h2-6,8,12,17H,7H2,1H3,(H,14,18)(H,15,16)/t12-/m0/s1. The van der Waals surface area contributed by atoms with Crippen molar-refractivity contribution in [2.75, 3.05) is 0 Å². The van der Waals surface area contributed by atoms with Gasteiger partial charge in [-0.1, -0.05) is 30.3 Å². The monoisotopic (exact) mass is 245 g/mol. The van der Waals surface area contributed by atoms with Crippen LogP contribution in [0.1, 0.15) is 22.9 Å². The maximum atomic E-state index is 11.8. The van der Waals surface area contributed by atoms with Gasteiger partial charge >= 0.3 is 0 Å². The minimum absolute atomic E-state index is 0.352. The van der Waals surface area contributed by atoms with Crippen LogP contribution in [-0.2, 0) is 11.3 Å². The van der Waals surface area contributed by atoms with Crippen LogP contribution in [0.15, 0.2) is 36.5 Å². The highest BCUT2D eigenvalue weighted by Gasteiger charge is 2.16. The summed E-state index contributed by atoms with van der Waals surface area (Å²) in [6.45, 7) is 2.23. The van der Waals surface area contributed by atoms with E-state index in [1.165, 1.54) is 0 Å². The molecule has 2 aromatic rings. The van der Waals surface area contributed by atoms with Crippen LogP contribution < -0.4 is 5.32 Å². The predicted octanol–water partition coefficient (Wildman–Crippen LogP) is 1.07. The molecule has 0 spiro atoms. The second kappa shape index (κ2) is 5.46. The number of rotatable bonds is 4. The Morgan fingerprint density at radius 2 is 2.17 bits per heavy atom. The van der Waals surface area contributed by atoms with Gasteiger partial charge in [0.15, 0.2) is 6.10 Å². The van der Waals surface area contributed by atoms with E-state index in [4.69, 9.17) is 0 Å². The van der Waals surface area contributed by atoms with Crippen molar-refractivity contribution >= 4 is 5.91 Å². The number of aromatic nitrogens is 2. The molecule has 0 aliphatic carbocycles. The molecule has 1 aromatic heterocycles. The van der Waals surface area contributed by atoms with Gasteiger partial charge in [-0.15, -0.1) is 0 Å². The molecule has 0 bridgehead atoms. The quantitative estimate of drug-likeness (QED) is 0.754. The number of aliphatic hydroxyl groups is 1. The minimum Gasteiger partial charge on any atom is -0.378 e. The summed E-state index contributed by atoms with van der Waals surface area (Å²) in [7, 11) is 0. The molecule has 0 saturated carbocycles. The van der Waals surface area contributed by atoms with Gasteiger partial charge in [0.25, 0.3) is 5.91 Å². The third-order valence-electron chi connectivity index (χ3n) is 2.75. The molecule has 0 aliphatic heterocycles. The van der Waals surface area contributed by atoms with Gasteiger partial charge in [-0.25, -0.2) is 0 Å². The first-order valence-corrected chi connectivity index (χ1v) is 5.68. The summed E-state index contributed by atoms with van der Waals surface area (Å²) >= 11 is 0. The minimum atomic E-state index is -1.14. The van der Waals surface area contributed by atoms with Crippen LogP contribution in [0.25, 0.3) is 0 Å². The average Bonchev–Trinajstić information content (AvgIpc) is 2.81. The van der Waals surface area contributed by atoms with Crippen molar-refractivity contribution in [2.45, 2.75) is 19.6 Å². The van der Waals surface area contributed by atoms with Crippen LogP contribution in [0.3, 0.4) is 0 Å². The molecule has 2 rings (SSSR count). The Labute approximate surface area is 105 Å². The highest BCUT2D eigenvalue weighted by Crippen LogP contribution is 2.12. The maximum absolute atomic E-state index is 11.8. The van der Waals surface area contributed by atoms with E-state index >= 15 is 0 Å². The Balaban J connectivity index is 1.95. The summed E-state index contributed by atoms with van der Waals surface area (Å²) in [6.07, 6.45) is 0.517. The van der Waals surface area contributed by atoms with E-state index in [0.717, 1.165) is 11.3 Å². The van der Waals surface area contributed by atoms with Crippen LogP contribution in [-0.4, -0.2) is 21.2 Å². The van der Waals surface area contributed by atoms with Gasteiger partial charge < -0.3 is 10.4 Å². The molecule has 5 heteroatoms. The fourth-order valence-electron chi connectivity index (χ4n) is 1.62. The largest absolute Gasteiger partial charge is 0.378 e. The van der Waals surface area contributed by atoms with Crippen LogP contribution in [0.2, 0.25) is 0 Å². The second-order valence-electron chi connectivity index (χ2n) is 4.05. The van der Waals surface area contributed by atoms with Gasteiger partial charge in [0.05, 0.1) is 6.20 Å². The molecule has 0 unspecified atom stereocenters. The Kier molecular flexibility index (Phi) is 3.74. The molecule has 18 heavy (non-hydrogen) atoms. The Morgan fingerprint density at radius 1 is 1.44 bits per heavy atom. The number of benzene rings is 1. The molecule has 1 amide bonds. The molecule has 0 aliphatic rings. The third-order valence-corrected chi connectivity index (χ3v) is 2.75. The van der Waals surface area contributed by atoms with Crippen molar-refractivity contribution in [2.24, 2.45) is 0 Å². The van der Waals surface area contributed by atoms with E-state index in [9.17, 15) is 9.90 Å². The highest BCUT2D eigenvalue weighted by molar-refractivity contribution is 5.81. The zero-order valence-electron chi connectivity index (χ0n) is 10.1. The van der Waals surface area contributed by atoms with Crippen LogP contribution in [0.4, 0.5) is 0 Å². The normalized spacial score (nSPS) is 12.1. The summed E-state index contributed by atoms with van der Waals surface area (Å²) in [5.41, 5.74) is 2.40. The number of carbonyl (C=O) groups is 1. The summed E-state index contributed by atoms with van der Waals surface area (Å²) < 4.78 is 0. The topological polar surface area (TPSA) is 78.0 Å². The average molecular weight is 245 g/mol. The number of nitrogens with one attached hydrogen (secondary N) is 2. The number of aryl methyl sites for hydroxylation is 1. The van der Waals surface area contributed by atoms with Gasteiger partial charge in [-0.05, 0) is 12.5 Å². The molecule has 3 N–H and O–H groups in total. The molecular weight excluding hydrogens is 230 g/mol. The van der Waals surface area contributed by atoms with E-state index in [1.54, 1.807) is 30.5 Å². The van der Waals surface area contributed by atoms with E-state index < -0.39 is 12.0 Å². The van der Waals surface area contributed by atoms with Gasteiger partial charge in [-0.2, -0.15) is 5.10 Å². The second-order valence-corrected chi connectivity index (χ2v) is 4.05. The molecule has 1 aromatic carbocycles.